The van der Waals surface area contributed by atoms with E-state index in [1.807, 2.05) is 95.8 Å². The summed E-state index contributed by atoms with van der Waals surface area (Å²) in [6.07, 6.45) is 0. The van der Waals surface area contributed by atoms with Crippen molar-refractivity contribution in [3.8, 4) is 6.07 Å². The lowest BCUT2D eigenvalue weighted by Crippen LogP contribution is -1.95. The van der Waals surface area contributed by atoms with Crippen molar-refractivity contribution < 1.29 is 4.79 Å². The Morgan fingerprint density at radius 3 is 1.47 bits per heavy atom. The fourth-order valence-electron chi connectivity index (χ4n) is 4.44. The van der Waals surface area contributed by atoms with Gasteiger partial charge in [-0.3, -0.25) is 9.79 Å². The number of aliphatic imine (C=N–C) groups is 1. The third-order valence-electron chi connectivity index (χ3n) is 7.12. The van der Waals surface area contributed by atoms with Crippen LogP contribution in [0.3, 0.4) is 0 Å². The molecule has 0 fully saturated rings. The molecule has 0 aliphatic heterocycles. The zero-order valence-electron chi connectivity index (χ0n) is 26.3. The van der Waals surface area contributed by atoms with Gasteiger partial charge in [0.1, 0.15) is 17.5 Å². The second-order valence-corrected chi connectivity index (χ2v) is 10.0. The highest BCUT2D eigenvalue weighted by Crippen LogP contribution is 2.19. The zero-order chi connectivity index (χ0) is 32.3. The average Bonchev–Trinajstić information content (AvgIpc) is 3.10. The molecule has 0 spiro atoms. The van der Waals surface area contributed by atoms with E-state index in [0.29, 0.717) is 5.56 Å². The van der Waals surface area contributed by atoms with Crippen molar-refractivity contribution >= 4 is 61.7 Å². The number of nitrogens with zero attached hydrogens (tertiary/aromatic N) is 5. The Morgan fingerprint density at radius 1 is 0.622 bits per heavy atom. The SMILES string of the molecule is CN=C(C)c1ccc2nc(NC)ccc2c1.CNc1ccc2cc(C#N)ccc2n1.CNc1ccc2cc(C(C)=O)ccc2n1. The number of fused-ring (bicyclic) bond motifs is 3. The van der Waals surface area contributed by atoms with Gasteiger partial charge in [-0.15, -0.1) is 0 Å². The van der Waals surface area contributed by atoms with E-state index >= 15 is 0 Å². The van der Waals surface area contributed by atoms with Gasteiger partial charge >= 0.3 is 0 Å². The first-order chi connectivity index (χ1) is 21.8. The van der Waals surface area contributed by atoms with Crippen LogP contribution < -0.4 is 16.0 Å². The number of nitrogens with one attached hydrogen (secondary N) is 3. The van der Waals surface area contributed by atoms with E-state index in [0.717, 1.165) is 67.0 Å². The topological polar surface area (TPSA) is 128 Å². The first kappa shape index (κ1) is 32.0. The standard InChI is InChI=1S/C13H15N3.C12H12N2O.C11H9N3/c1-9(14-2)10-4-6-12-11(8-10)5-7-13(15-3)16-12;1-8(15)9-3-5-11-10(7-9)4-6-12(13-2)14-11;1-13-11-5-3-9-6-8(7-12)2-4-10(9)14-11/h4-8H,1-3H3,(H,15,16);3-7H,1-2H3,(H,13,14);2-6H,1H3,(H,13,14). The van der Waals surface area contributed by atoms with E-state index in [2.05, 4.69) is 60.2 Å². The van der Waals surface area contributed by atoms with Crippen molar-refractivity contribution in [1.82, 2.24) is 15.0 Å². The Labute approximate surface area is 263 Å². The van der Waals surface area contributed by atoms with Crippen LogP contribution in [0.1, 0.15) is 35.3 Å². The lowest BCUT2D eigenvalue weighted by molar-refractivity contribution is 0.101. The van der Waals surface area contributed by atoms with Crippen LogP contribution in [-0.4, -0.2) is 54.6 Å². The van der Waals surface area contributed by atoms with Crippen molar-refractivity contribution in [2.24, 2.45) is 4.99 Å². The van der Waals surface area contributed by atoms with E-state index in [4.69, 9.17) is 5.26 Å². The minimum Gasteiger partial charge on any atom is -0.373 e. The second-order valence-electron chi connectivity index (χ2n) is 10.0. The predicted octanol–water partition coefficient (Wildman–Crippen LogP) is 7.34. The number of aromatic nitrogens is 3. The van der Waals surface area contributed by atoms with Crippen LogP contribution in [0.25, 0.3) is 32.7 Å². The maximum absolute atomic E-state index is 11.2. The highest BCUT2D eigenvalue weighted by Gasteiger charge is 2.03. The number of benzene rings is 3. The van der Waals surface area contributed by atoms with Gasteiger partial charge in [-0.05, 0) is 104 Å². The molecule has 3 aromatic heterocycles. The number of nitriles is 1. The monoisotopic (exact) mass is 596 g/mol. The summed E-state index contributed by atoms with van der Waals surface area (Å²) >= 11 is 0. The van der Waals surface area contributed by atoms with E-state index in [1.165, 1.54) is 0 Å². The van der Waals surface area contributed by atoms with Gasteiger partial charge in [-0.25, -0.2) is 15.0 Å². The van der Waals surface area contributed by atoms with E-state index < -0.39 is 0 Å². The molecule has 6 aromatic rings. The molecule has 3 aromatic carbocycles. The summed E-state index contributed by atoms with van der Waals surface area (Å²) in [7, 11) is 7.34. The number of anilines is 3. The van der Waals surface area contributed by atoms with E-state index in [9.17, 15) is 4.79 Å². The van der Waals surface area contributed by atoms with Gasteiger partial charge in [0.05, 0.1) is 28.2 Å². The summed E-state index contributed by atoms with van der Waals surface area (Å²) in [6.45, 7) is 3.58. The number of pyridine rings is 3. The number of carbonyl (C=O) groups is 1. The van der Waals surface area contributed by atoms with Gasteiger partial charge < -0.3 is 16.0 Å². The normalized spacial score (nSPS) is 10.6. The summed E-state index contributed by atoms with van der Waals surface area (Å²) in [4.78, 5) is 28.6. The minimum atomic E-state index is 0.0783. The Balaban J connectivity index is 0.000000154. The predicted molar refractivity (Wildman–Crippen MR) is 187 cm³/mol. The number of Topliss-reactive ketones (excluding diaryl/α,β-unsaturated/α-hetero) is 1. The van der Waals surface area contributed by atoms with Gasteiger partial charge in [0.15, 0.2) is 5.78 Å². The van der Waals surface area contributed by atoms with Gasteiger partial charge in [-0.1, -0.05) is 6.07 Å². The molecule has 0 aliphatic rings. The molecule has 0 aliphatic carbocycles. The smallest absolute Gasteiger partial charge is 0.159 e. The molecule has 9 heteroatoms. The van der Waals surface area contributed by atoms with Gasteiger partial charge in [0.25, 0.3) is 0 Å². The number of ketones is 1. The van der Waals surface area contributed by atoms with Crippen LogP contribution in [0.15, 0.2) is 96.0 Å². The van der Waals surface area contributed by atoms with Crippen LogP contribution in [0.5, 0.6) is 0 Å². The molecule has 0 atom stereocenters. The Kier molecular flexibility index (Phi) is 10.7. The molecule has 45 heavy (non-hydrogen) atoms. The number of hydrogen-bond donors (Lipinski definition) is 3. The average molecular weight is 597 g/mol. The van der Waals surface area contributed by atoms with E-state index in [-0.39, 0.29) is 5.78 Å². The molecule has 0 bridgehead atoms. The Morgan fingerprint density at radius 2 is 1.04 bits per heavy atom. The largest absolute Gasteiger partial charge is 0.373 e. The molecule has 3 N–H and O–H groups in total. The molecule has 226 valence electrons. The Hall–Kier alpha value is -5.88. The van der Waals surface area contributed by atoms with Crippen LogP contribution in [0.4, 0.5) is 17.5 Å². The number of hydrogen-bond acceptors (Lipinski definition) is 9. The lowest BCUT2D eigenvalue weighted by atomic mass is 10.1. The molecule has 0 radical (unpaired) electrons. The van der Waals surface area contributed by atoms with Crippen molar-refractivity contribution in [2.75, 3.05) is 44.1 Å². The Bertz CT molecular complexity index is 2050. The molecular formula is C36H36N8O. The number of rotatable bonds is 5. The number of carbonyl (C=O) groups excluding carboxylic acids is 1. The van der Waals surface area contributed by atoms with Crippen LogP contribution in [0.2, 0.25) is 0 Å². The highest BCUT2D eigenvalue weighted by molar-refractivity contribution is 6.01. The molecule has 6 rings (SSSR count). The van der Waals surface area contributed by atoms with Crippen molar-refractivity contribution in [3.63, 3.8) is 0 Å². The third kappa shape index (κ3) is 8.15. The van der Waals surface area contributed by atoms with Gasteiger partial charge in [-0.2, -0.15) is 5.26 Å². The highest BCUT2D eigenvalue weighted by atomic mass is 16.1. The summed E-state index contributed by atoms with van der Waals surface area (Å²) in [5.41, 5.74) is 6.37. The lowest BCUT2D eigenvalue weighted by Gasteiger charge is -2.04. The molecular weight excluding hydrogens is 560 g/mol. The fourth-order valence-corrected chi connectivity index (χ4v) is 4.44. The van der Waals surface area contributed by atoms with Gasteiger partial charge in [0, 0.05) is 55.6 Å². The minimum absolute atomic E-state index is 0.0783. The first-order valence-corrected chi connectivity index (χ1v) is 14.4. The fraction of sp³-hybridized carbons (Fsp3) is 0.167. The van der Waals surface area contributed by atoms with Crippen LogP contribution in [0, 0.1) is 11.3 Å². The van der Waals surface area contributed by atoms with Crippen LogP contribution in [-0.2, 0) is 0 Å². The van der Waals surface area contributed by atoms with Crippen molar-refractivity contribution in [2.45, 2.75) is 13.8 Å². The van der Waals surface area contributed by atoms with Crippen LogP contribution >= 0.6 is 0 Å². The maximum atomic E-state index is 11.2. The molecule has 9 nitrogen and oxygen atoms in total. The molecule has 0 unspecified atom stereocenters. The second kappa shape index (κ2) is 15.0. The summed E-state index contributed by atoms with van der Waals surface area (Å²) in [6, 6.07) is 31.0. The maximum Gasteiger partial charge on any atom is 0.159 e. The third-order valence-corrected chi connectivity index (χ3v) is 7.12. The molecule has 0 amide bonds. The quantitative estimate of drug-likeness (QED) is 0.139. The molecule has 3 heterocycles. The molecule has 0 saturated carbocycles. The van der Waals surface area contributed by atoms with E-state index in [1.54, 1.807) is 19.1 Å². The summed E-state index contributed by atoms with van der Waals surface area (Å²) in [5.74, 6) is 2.64. The van der Waals surface area contributed by atoms with Crippen molar-refractivity contribution in [3.05, 3.63) is 108 Å². The summed E-state index contributed by atoms with van der Waals surface area (Å²) in [5, 5.41) is 20.8. The van der Waals surface area contributed by atoms with Gasteiger partial charge in [0.2, 0.25) is 0 Å². The zero-order valence-corrected chi connectivity index (χ0v) is 26.3. The first-order valence-electron chi connectivity index (χ1n) is 14.4. The van der Waals surface area contributed by atoms with Crippen molar-refractivity contribution in [1.29, 1.82) is 5.26 Å². The molecule has 0 saturated heterocycles. The summed E-state index contributed by atoms with van der Waals surface area (Å²) < 4.78 is 0.